The summed E-state index contributed by atoms with van der Waals surface area (Å²) in [6, 6.07) is 8.77. The van der Waals surface area contributed by atoms with Crippen LogP contribution in [0.1, 0.15) is 19.8 Å². The number of nitrogens with zero attached hydrogens (tertiary/aromatic N) is 2. The van der Waals surface area contributed by atoms with E-state index in [1.807, 2.05) is 11.0 Å². The van der Waals surface area contributed by atoms with Gasteiger partial charge in [0.05, 0.1) is 19.6 Å². The van der Waals surface area contributed by atoms with Gasteiger partial charge >= 0.3 is 5.97 Å². The second-order valence-electron chi connectivity index (χ2n) is 5.92. The van der Waals surface area contributed by atoms with Gasteiger partial charge in [0, 0.05) is 25.0 Å². The quantitative estimate of drug-likeness (QED) is 0.477. The fraction of sp³-hybridized carbons (Fsp3) is 0.421. The Balaban J connectivity index is 2.02. The molecular weight excluding hydrogens is 334 g/mol. The van der Waals surface area contributed by atoms with Gasteiger partial charge in [-0.2, -0.15) is 5.26 Å². The zero-order chi connectivity index (χ0) is 18.9. The van der Waals surface area contributed by atoms with E-state index in [1.54, 1.807) is 38.3 Å². The lowest BCUT2D eigenvalue weighted by molar-refractivity contribution is -0.149. The van der Waals surface area contributed by atoms with Crippen LogP contribution in [0.4, 0.5) is 5.69 Å². The average Bonchev–Trinajstić information content (AvgIpc) is 2.67. The Morgan fingerprint density at radius 3 is 2.73 bits per heavy atom. The molecule has 1 aliphatic heterocycles. The van der Waals surface area contributed by atoms with Gasteiger partial charge in [0.1, 0.15) is 17.4 Å². The molecule has 1 fully saturated rings. The number of benzene rings is 1. The molecule has 7 heteroatoms. The summed E-state index contributed by atoms with van der Waals surface area (Å²) in [7, 11) is 1.56. The summed E-state index contributed by atoms with van der Waals surface area (Å²) in [5.74, 6) is -0.273. The molecule has 0 spiro atoms. The lowest BCUT2D eigenvalue weighted by Gasteiger charge is -2.30. The summed E-state index contributed by atoms with van der Waals surface area (Å²) >= 11 is 0. The molecule has 7 nitrogen and oxygen atoms in total. The fourth-order valence-corrected chi connectivity index (χ4v) is 2.77. The van der Waals surface area contributed by atoms with Crippen LogP contribution in [0.5, 0.6) is 5.75 Å². The van der Waals surface area contributed by atoms with Gasteiger partial charge in [0.2, 0.25) is 0 Å². The fourth-order valence-electron chi connectivity index (χ4n) is 2.77. The number of methoxy groups -OCH3 is 1. The van der Waals surface area contributed by atoms with Gasteiger partial charge in [-0.25, -0.2) is 0 Å². The number of rotatable bonds is 6. The number of likely N-dealkylation sites (tertiary alicyclic amines) is 1. The number of hydrogen-bond acceptors (Lipinski definition) is 6. The maximum absolute atomic E-state index is 12.3. The van der Waals surface area contributed by atoms with Gasteiger partial charge in [0.15, 0.2) is 0 Å². The summed E-state index contributed by atoms with van der Waals surface area (Å²) in [4.78, 5) is 26.1. The first-order valence-corrected chi connectivity index (χ1v) is 8.55. The predicted molar refractivity (Wildman–Crippen MR) is 96.2 cm³/mol. The Morgan fingerprint density at radius 2 is 2.12 bits per heavy atom. The molecule has 0 bridgehead atoms. The molecule has 1 aromatic carbocycles. The number of anilines is 1. The Bertz CT molecular complexity index is 706. The minimum absolute atomic E-state index is 0.00896. The molecule has 0 aromatic heterocycles. The number of esters is 1. The molecule has 1 amide bonds. The van der Waals surface area contributed by atoms with Gasteiger partial charge in [-0.1, -0.05) is 0 Å². The van der Waals surface area contributed by atoms with Crippen molar-refractivity contribution >= 4 is 17.6 Å². The SMILES string of the molecule is CCOC(=O)C1CCCN(/C=C(/C#N)C(=O)Nc2ccc(OC)cc2)C1. The number of hydrogen-bond donors (Lipinski definition) is 1. The molecule has 0 aliphatic carbocycles. The summed E-state index contributed by atoms with van der Waals surface area (Å²) in [6.45, 7) is 3.26. The van der Waals surface area contributed by atoms with Crippen molar-refractivity contribution in [3.05, 3.63) is 36.0 Å². The van der Waals surface area contributed by atoms with E-state index in [9.17, 15) is 14.9 Å². The number of nitrogens with one attached hydrogen (secondary N) is 1. The second kappa shape index (κ2) is 9.47. The third-order valence-electron chi connectivity index (χ3n) is 4.10. The molecule has 1 aliphatic rings. The lowest BCUT2D eigenvalue weighted by Crippen LogP contribution is -2.37. The van der Waals surface area contributed by atoms with Crippen LogP contribution in [0.3, 0.4) is 0 Å². The van der Waals surface area contributed by atoms with E-state index in [2.05, 4.69) is 5.32 Å². The van der Waals surface area contributed by atoms with E-state index < -0.39 is 5.91 Å². The molecule has 1 saturated heterocycles. The Hall–Kier alpha value is -3.01. The highest BCUT2D eigenvalue weighted by atomic mass is 16.5. The zero-order valence-electron chi connectivity index (χ0n) is 15.0. The predicted octanol–water partition coefficient (Wildman–Crippen LogP) is 2.32. The smallest absolute Gasteiger partial charge is 0.310 e. The van der Waals surface area contributed by atoms with Crippen molar-refractivity contribution in [2.24, 2.45) is 5.92 Å². The molecule has 1 unspecified atom stereocenters. The molecule has 26 heavy (non-hydrogen) atoms. The highest BCUT2D eigenvalue weighted by Gasteiger charge is 2.26. The van der Waals surface area contributed by atoms with Gasteiger partial charge < -0.3 is 19.7 Å². The first-order valence-electron chi connectivity index (χ1n) is 8.55. The lowest BCUT2D eigenvalue weighted by atomic mass is 9.98. The normalized spacial score (nSPS) is 17.2. The molecule has 0 saturated carbocycles. The third kappa shape index (κ3) is 5.24. The van der Waals surface area contributed by atoms with Crippen molar-refractivity contribution in [3.63, 3.8) is 0 Å². The van der Waals surface area contributed by atoms with Crippen LogP contribution in [0.25, 0.3) is 0 Å². The maximum atomic E-state index is 12.3. The average molecular weight is 357 g/mol. The number of carbonyl (C=O) groups excluding carboxylic acids is 2. The van der Waals surface area contributed by atoms with E-state index in [1.165, 1.54) is 6.20 Å². The van der Waals surface area contributed by atoms with E-state index in [-0.39, 0.29) is 17.5 Å². The van der Waals surface area contributed by atoms with Crippen molar-refractivity contribution in [1.29, 1.82) is 5.26 Å². The largest absolute Gasteiger partial charge is 0.497 e. The molecule has 0 radical (unpaired) electrons. The van der Waals surface area contributed by atoms with Gasteiger partial charge in [0.25, 0.3) is 5.91 Å². The summed E-state index contributed by atoms with van der Waals surface area (Å²) in [6.07, 6.45) is 3.08. The van der Waals surface area contributed by atoms with Crippen LogP contribution in [-0.2, 0) is 14.3 Å². The number of nitriles is 1. The van der Waals surface area contributed by atoms with Crippen LogP contribution in [0.2, 0.25) is 0 Å². The van der Waals surface area contributed by atoms with Crippen LogP contribution in [0.15, 0.2) is 36.0 Å². The van der Waals surface area contributed by atoms with Gasteiger partial charge in [-0.3, -0.25) is 9.59 Å². The minimum atomic E-state index is -0.490. The summed E-state index contributed by atoms with van der Waals surface area (Å²) in [5.41, 5.74) is 0.560. The number of carbonyl (C=O) groups is 2. The molecule has 1 N–H and O–H groups in total. The summed E-state index contributed by atoms with van der Waals surface area (Å²) in [5, 5.41) is 12.0. The second-order valence-corrected chi connectivity index (χ2v) is 5.92. The van der Waals surface area contributed by atoms with E-state index in [4.69, 9.17) is 9.47 Å². The van der Waals surface area contributed by atoms with Crippen molar-refractivity contribution in [2.75, 3.05) is 32.1 Å². The third-order valence-corrected chi connectivity index (χ3v) is 4.10. The zero-order valence-corrected chi connectivity index (χ0v) is 15.0. The molecular formula is C19H23N3O4. The topological polar surface area (TPSA) is 91.7 Å². The maximum Gasteiger partial charge on any atom is 0.310 e. The number of piperidine rings is 1. The Labute approximate surface area is 153 Å². The van der Waals surface area contributed by atoms with Crippen LogP contribution < -0.4 is 10.1 Å². The Kier molecular flexibility index (Phi) is 7.03. The summed E-state index contributed by atoms with van der Waals surface area (Å²) < 4.78 is 10.1. The monoisotopic (exact) mass is 357 g/mol. The van der Waals surface area contributed by atoms with Gasteiger partial charge in [-0.15, -0.1) is 0 Å². The minimum Gasteiger partial charge on any atom is -0.497 e. The highest BCUT2D eigenvalue weighted by Crippen LogP contribution is 2.20. The first kappa shape index (κ1) is 19.3. The van der Waals surface area contributed by atoms with E-state index in [0.29, 0.717) is 31.1 Å². The van der Waals surface area contributed by atoms with Crippen molar-refractivity contribution < 1.29 is 19.1 Å². The molecule has 1 aromatic rings. The van der Waals surface area contributed by atoms with Crippen LogP contribution in [-0.4, -0.2) is 43.6 Å². The molecule has 1 atom stereocenters. The van der Waals surface area contributed by atoms with E-state index >= 15 is 0 Å². The highest BCUT2D eigenvalue weighted by molar-refractivity contribution is 6.06. The van der Waals surface area contributed by atoms with E-state index in [0.717, 1.165) is 12.8 Å². The molecule has 138 valence electrons. The van der Waals surface area contributed by atoms with Gasteiger partial charge in [-0.05, 0) is 44.0 Å². The Morgan fingerprint density at radius 1 is 1.38 bits per heavy atom. The van der Waals surface area contributed by atoms with Crippen molar-refractivity contribution in [3.8, 4) is 11.8 Å². The van der Waals surface area contributed by atoms with Crippen molar-refractivity contribution in [2.45, 2.75) is 19.8 Å². The first-order chi connectivity index (χ1) is 12.6. The number of ether oxygens (including phenoxy) is 2. The van der Waals surface area contributed by atoms with Crippen molar-refractivity contribution in [1.82, 2.24) is 4.90 Å². The van der Waals surface area contributed by atoms with Crippen LogP contribution >= 0.6 is 0 Å². The standard InChI is InChI=1S/C19H23N3O4/c1-3-26-19(24)14-5-4-10-22(12-14)13-15(11-20)18(23)21-16-6-8-17(25-2)9-7-16/h6-9,13-14H,3-5,10,12H2,1-2H3,(H,21,23)/b15-13-. The van der Waals surface area contributed by atoms with Crippen LogP contribution in [0, 0.1) is 17.2 Å². The molecule has 2 rings (SSSR count). The number of amides is 1. The molecule has 1 heterocycles.